The number of methoxy groups -OCH3 is 1. The first-order valence-corrected chi connectivity index (χ1v) is 10.9. The average Bonchev–Trinajstić information content (AvgIpc) is 3.16. The van der Waals surface area contributed by atoms with Crippen molar-refractivity contribution in [1.29, 1.82) is 0 Å². The van der Waals surface area contributed by atoms with Gasteiger partial charge in [-0.3, -0.25) is 9.59 Å². The Morgan fingerprint density at radius 1 is 1.03 bits per heavy atom. The maximum atomic E-state index is 13.0. The highest BCUT2D eigenvalue weighted by Crippen LogP contribution is 2.30. The van der Waals surface area contributed by atoms with Crippen molar-refractivity contribution in [1.82, 2.24) is 5.43 Å². The molecule has 7 heteroatoms. The molecule has 4 rings (SSSR count). The van der Waals surface area contributed by atoms with E-state index in [0.29, 0.717) is 23.4 Å². The van der Waals surface area contributed by atoms with Gasteiger partial charge in [-0.25, -0.2) is 5.43 Å². The van der Waals surface area contributed by atoms with Crippen LogP contribution < -0.4 is 15.5 Å². The Bertz CT molecular complexity index is 1260. The molecule has 0 atom stereocenters. The predicted octanol–water partition coefficient (Wildman–Crippen LogP) is 4.94. The number of hydrogen-bond donors (Lipinski definition) is 2. The van der Waals surface area contributed by atoms with Crippen molar-refractivity contribution in [2.24, 2.45) is 5.10 Å². The minimum absolute atomic E-state index is 0.272. The molecule has 3 aromatic rings. The summed E-state index contributed by atoms with van der Waals surface area (Å²) in [5.74, 6) is 0.962. The van der Waals surface area contributed by atoms with Crippen LogP contribution in [0.3, 0.4) is 0 Å². The van der Waals surface area contributed by atoms with Crippen molar-refractivity contribution in [3.63, 3.8) is 0 Å². The third-order valence-corrected chi connectivity index (χ3v) is 5.79. The Morgan fingerprint density at radius 2 is 1.85 bits per heavy atom. The minimum Gasteiger partial charge on any atom is -0.497 e. The number of hydrazone groups is 1. The van der Waals surface area contributed by atoms with Crippen LogP contribution in [0.4, 0.5) is 5.69 Å². The summed E-state index contributed by atoms with van der Waals surface area (Å²) in [5, 5.41) is 7.33. The molecule has 1 aliphatic carbocycles. The van der Waals surface area contributed by atoms with Gasteiger partial charge in [-0.15, -0.1) is 0 Å². The highest BCUT2D eigenvalue weighted by Gasteiger charge is 2.28. The van der Waals surface area contributed by atoms with E-state index >= 15 is 0 Å². The Labute approximate surface area is 192 Å². The van der Waals surface area contributed by atoms with E-state index in [1.807, 2.05) is 39.0 Å². The van der Waals surface area contributed by atoms with Crippen molar-refractivity contribution in [3.05, 3.63) is 81.8 Å². The molecular weight excluding hydrogens is 418 g/mol. The quantitative estimate of drug-likeness (QED) is 0.544. The number of fused-ring (bicyclic) bond motifs is 1. The topological polar surface area (TPSA) is 92.9 Å². The molecule has 33 heavy (non-hydrogen) atoms. The van der Waals surface area contributed by atoms with Crippen LogP contribution in [-0.4, -0.2) is 24.6 Å². The molecule has 2 N–H and O–H groups in total. The summed E-state index contributed by atoms with van der Waals surface area (Å²) in [7, 11) is 1.55. The van der Waals surface area contributed by atoms with E-state index in [1.165, 1.54) is 0 Å². The summed E-state index contributed by atoms with van der Waals surface area (Å²) in [6.45, 7) is 5.82. The van der Waals surface area contributed by atoms with Gasteiger partial charge in [0.05, 0.1) is 12.8 Å². The second-order valence-electron chi connectivity index (χ2n) is 8.21. The normalized spacial score (nSPS) is 14.0. The highest BCUT2D eigenvalue weighted by atomic mass is 16.5. The zero-order valence-electron chi connectivity index (χ0n) is 19.2. The lowest BCUT2D eigenvalue weighted by Gasteiger charge is -2.13. The molecule has 0 bridgehead atoms. The molecule has 2 aromatic carbocycles. The van der Waals surface area contributed by atoms with Gasteiger partial charge in [0.15, 0.2) is 5.76 Å². The van der Waals surface area contributed by atoms with Gasteiger partial charge >= 0.3 is 0 Å². The number of benzene rings is 2. The van der Waals surface area contributed by atoms with Crippen LogP contribution in [0.15, 0.2) is 52.0 Å². The fraction of sp³-hybridized carbons (Fsp3) is 0.269. The monoisotopic (exact) mass is 445 g/mol. The number of aryl methyl sites for hydroxylation is 3. The van der Waals surface area contributed by atoms with Gasteiger partial charge in [0.25, 0.3) is 11.8 Å². The van der Waals surface area contributed by atoms with Gasteiger partial charge < -0.3 is 14.5 Å². The molecule has 1 heterocycles. The van der Waals surface area contributed by atoms with Crippen LogP contribution >= 0.6 is 0 Å². The Hall–Kier alpha value is -3.87. The zero-order valence-corrected chi connectivity index (χ0v) is 19.2. The molecule has 0 fully saturated rings. The van der Waals surface area contributed by atoms with Gasteiger partial charge in [0.2, 0.25) is 0 Å². The Kier molecular flexibility index (Phi) is 6.31. The Morgan fingerprint density at radius 3 is 2.61 bits per heavy atom. The number of rotatable bonds is 5. The van der Waals surface area contributed by atoms with E-state index in [1.54, 1.807) is 31.4 Å². The van der Waals surface area contributed by atoms with Gasteiger partial charge in [-0.2, -0.15) is 5.10 Å². The van der Waals surface area contributed by atoms with Crippen LogP contribution in [0.5, 0.6) is 5.75 Å². The number of anilines is 1. The van der Waals surface area contributed by atoms with Crippen molar-refractivity contribution in [3.8, 4) is 5.75 Å². The summed E-state index contributed by atoms with van der Waals surface area (Å²) < 4.78 is 11.1. The molecule has 1 aliphatic rings. The van der Waals surface area contributed by atoms with Crippen molar-refractivity contribution < 1.29 is 18.7 Å². The molecule has 0 radical (unpaired) electrons. The smallest absolute Gasteiger partial charge is 0.291 e. The lowest BCUT2D eigenvalue weighted by atomic mass is 9.93. The number of carbonyl (C=O) groups is 2. The molecular formula is C26H27N3O4. The number of nitrogens with one attached hydrogen (secondary N) is 2. The Balaban J connectivity index is 1.56. The van der Waals surface area contributed by atoms with Crippen molar-refractivity contribution >= 4 is 23.2 Å². The number of nitrogens with zero attached hydrogens (tertiary/aromatic N) is 1. The summed E-state index contributed by atoms with van der Waals surface area (Å²) in [4.78, 5) is 25.5. The van der Waals surface area contributed by atoms with Gasteiger partial charge in [0.1, 0.15) is 11.5 Å². The summed E-state index contributed by atoms with van der Waals surface area (Å²) in [5.41, 5.74) is 8.18. The van der Waals surface area contributed by atoms with E-state index in [9.17, 15) is 9.59 Å². The first-order chi connectivity index (χ1) is 15.9. The highest BCUT2D eigenvalue weighted by molar-refractivity contribution is 6.09. The number of hydrogen-bond acceptors (Lipinski definition) is 5. The number of furan rings is 1. The van der Waals surface area contributed by atoms with E-state index in [0.717, 1.165) is 46.5 Å². The fourth-order valence-electron chi connectivity index (χ4n) is 4.08. The molecule has 0 saturated heterocycles. The zero-order chi connectivity index (χ0) is 23.5. The van der Waals surface area contributed by atoms with E-state index < -0.39 is 0 Å². The molecule has 0 saturated carbocycles. The van der Waals surface area contributed by atoms with Gasteiger partial charge in [-0.05, 0) is 63.4 Å². The first kappa shape index (κ1) is 22.3. The van der Waals surface area contributed by atoms with E-state index in [4.69, 9.17) is 9.15 Å². The second kappa shape index (κ2) is 9.32. The number of carbonyl (C=O) groups excluding carboxylic acids is 2. The lowest BCUT2D eigenvalue weighted by Crippen LogP contribution is -2.22. The average molecular weight is 446 g/mol. The molecule has 0 unspecified atom stereocenters. The maximum absolute atomic E-state index is 13.0. The van der Waals surface area contributed by atoms with Crippen molar-refractivity contribution in [2.45, 2.75) is 40.0 Å². The predicted molar refractivity (Wildman–Crippen MR) is 127 cm³/mol. The molecule has 7 nitrogen and oxygen atoms in total. The third-order valence-electron chi connectivity index (χ3n) is 5.79. The third kappa shape index (κ3) is 4.67. The molecule has 0 aliphatic heterocycles. The van der Waals surface area contributed by atoms with Gasteiger partial charge in [-0.1, -0.05) is 23.8 Å². The summed E-state index contributed by atoms with van der Waals surface area (Å²) in [6, 6.07) is 12.7. The van der Waals surface area contributed by atoms with E-state index in [2.05, 4.69) is 15.8 Å². The van der Waals surface area contributed by atoms with Crippen LogP contribution in [0.1, 0.15) is 61.8 Å². The lowest BCUT2D eigenvalue weighted by molar-refractivity contribution is 0.0953. The van der Waals surface area contributed by atoms with E-state index in [-0.39, 0.29) is 17.6 Å². The molecule has 2 amide bonds. The first-order valence-electron chi connectivity index (χ1n) is 10.9. The number of amides is 2. The summed E-state index contributed by atoms with van der Waals surface area (Å²) in [6.07, 6.45) is 2.23. The standard InChI is InChI=1S/C26H27N3O4/c1-15-11-12-20(16(2)13-15)27-26(31)24-17(3)23-21(9-6-10-22(23)33-24)28-29-25(30)18-7-5-8-19(14-18)32-4/h5,7-8,11-14H,6,9-10H2,1-4H3,(H,27,31)(H,29,30)/b28-21+. The maximum Gasteiger partial charge on any atom is 0.291 e. The minimum atomic E-state index is -0.331. The molecule has 170 valence electrons. The SMILES string of the molecule is COc1cccc(C(=O)N/N=C2\CCCc3oc(C(=O)Nc4ccc(C)cc4C)c(C)c32)c1. The molecule has 0 spiro atoms. The number of ether oxygens (including phenoxy) is 1. The van der Waals surface area contributed by atoms with Crippen LogP contribution in [-0.2, 0) is 6.42 Å². The largest absolute Gasteiger partial charge is 0.497 e. The van der Waals surface area contributed by atoms with Crippen LogP contribution in [0.25, 0.3) is 0 Å². The van der Waals surface area contributed by atoms with Crippen molar-refractivity contribution in [2.75, 3.05) is 12.4 Å². The second-order valence-corrected chi connectivity index (χ2v) is 8.21. The van der Waals surface area contributed by atoms with Gasteiger partial charge in [0, 0.05) is 28.8 Å². The van der Waals surface area contributed by atoms with Crippen LogP contribution in [0.2, 0.25) is 0 Å². The molecule has 1 aromatic heterocycles. The fourth-order valence-corrected chi connectivity index (χ4v) is 4.08. The summed E-state index contributed by atoms with van der Waals surface area (Å²) >= 11 is 0. The van der Waals surface area contributed by atoms with Crippen LogP contribution in [0, 0.1) is 20.8 Å².